The molecule has 0 fully saturated rings. The molecule has 1 amide bonds. The van der Waals surface area contributed by atoms with Crippen LogP contribution in [0.4, 0.5) is 10.1 Å². The number of nitrogens with one attached hydrogen (secondary N) is 1. The highest BCUT2D eigenvalue weighted by atomic mass is 79.9. The van der Waals surface area contributed by atoms with Gasteiger partial charge < -0.3 is 15.0 Å². The summed E-state index contributed by atoms with van der Waals surface area (Å²) in [4.78, 5) is 22.7. The first kappa shape index (κ1) is 14.3. The van der Waals surface area contributed by atoms with Crippen molar-refractivity contribution in [3.05, 3.63) is 52.5 Å². The van der Waals surface area contributed by atoms with Gasteiger partial charge in [-0.3, -0.25) is 4.79 Å². The summed E-state index contributed by atoms with van der Waals surface area (Å²) in [6, 6.07) is 7.07. The number of aromatic carboxylic acids is 1. The molecule has 20 heavy (non-hydrogen) atoms. The molecule has 1 aromatic heterocycles. The number of rotatable bonds is 4. The standard InChI is InChI=1S/C13H10BrFN2O3/c14-8-3-4-9(15)10(6-8)16-12(18)7-17-5-1-2-11(17)13(19)20/h1-6H,7H2,(H,16,18)(H,19,20). The maximum absolute atomic E-state index is 13.5. The number of benzene rings is 1. The van der Waals surface area contributed by atoms with E-state index in [0.29, 0.717) is 4.47 Å². The zero-order valence-corrected chi connectivity index (χ0v) is 11.7. The van der Waals surface area contributed by atoms with Gasteiger partial charge in [-0.25, -0.2) is 9.18 Å². The minimum atomic E-state index is -1.13. The van der Waals surface area contributed by atoms with Crippen LogP contribution >= 0.6 is 15.9 Å². The third kappa shape index (κ3) is 3.24. The minimum absolute atomic E-state index is 0.00476. The fourth-order valence-corrected chi connectivity index (χ4v) is 2.04. The van der Waals surface area contributed by atoms with Gasteiger partial charge in [-0.2, -0.15) is 0 Å². The van der Waals surface area contributed by atoms with Crippen molar-refractivity contribution in [3.63, 3.8) is 0 Å². The molecule has 1 aromatic carbocycles. The molecule has 2 rings (SSSR count). The molecule has 0 aliphatic heterocycles. The molecule has 0 saturated heterocycles. The fraction of sp³-hybridized carbons (Fsp3) is 0.0769. The van der Waals surface area contributed by atoms with Crippen molar-refractivity contribution in [3.8, 4) is 0 Å². The molecule has 0 aliphatic rings. The van der Waals surface area contributed by atoms with E-state index in [1.165, 1.54) is 41.1 Å². The third-order valence-electron chi connectivity index (χ3n) is 2.57. The van der Waals surface area contributed by atoms with Crippen molar-refractivity contribution in [1.82, 2.24) is 4.57 Å². The fourth-order valence-electron chi connectivity index (χ4n) is 1.68. The lowest BCUT2D eigenvalue weighted by molar-refractivity contribution is -0.116. The van der Waals surface area contributed by atoms with Gasteiger partial charge in [0, 0.05) is 10.7 Å². The van der Waals surface area contributed by atoms with Crippen molar-refractivity contribution in [1.29, 1.82) is 0 Å². The Kier molecular flexibility index (Phi) is 4.19. The monoisotopic (exact) mass is 340 g/mol. The molecule has 0 saturated carbocycles. The van der Waals surface area contributed by atoms with Crippen LogP contribution in [-0.4, -0.2) is 21.6 Å². The second-order valence-corrected chi connectivity index (χ2v) is 4.91. The van der Waals surface area contributed by atoms with Crippen LogP contribution in [0.15, 0.2) is 41.0 Å². The lowest BCUT2D eigenvalue weighted by Gasteiger charge is -2.09. The Hall–Kier alpha value is -2.15. The molecule has 0 atom stereocenters. The minimum Gasteiger partial charge on any atom is -0.477 e. The second-order valence-electron chi connectivity index (χ2n) is 4.00. The Balaban J connectivity index is 2.11. The smallest absolute Gasteiger partial charge is 0.352 e. The highest BCUT2D eigenvalue weighted by molar-refractivity contribution is 9.10. The average Bonchev–Trinajstić information content (AvgIpc) is 2.82. The van der Waals surface area contributed by atoms with E-state index in [1.54, 1.807) is 0 Å². The molecule has 5 nitrogen and oxygen atoms in total. The number of hydrogen-bond acceptors (Lipinski definition) is 2. The normalized spacial score (nSPS) is 10.3. The van der Waals surface area contributed by atoms with Crippen LogP contribution in [0, 0.1) is 5.82 Å². The molecular formula is C13H10BrFN2O3. The Bertz CT molecular complexity index is 669. The van der Waals surface area contributed by atoms with E-state index in [9.17, 15) is 14.0 Å². The maximum Gasteiger partial charge on any atom is 0.352 e. The van der Waals surface area contributed by atoms with E-state index < -0.39 is 17.7 Å². The first-order valence-electron chi connectivity index (χ1n) is 5.60. The predicted octanol–water partition coefficient (Wildman–Crippen LogP) is 2.73. The van der Waals surface area contributed by atoms with Gasteiger partial charge in [-0.1, -0.05) is 15.9 Å². The molecule has 2 aromatic rings. The largest absolute Gasteiger partial charge is 0.477 e. The maximum atomic E-state index is 13.5. The number of hydrogen-bond donors (Lipinski definition) is 2. The quantitative estimate of drug-likeness (QED) is 0.898. The van der Waals surface area contributed by atoms with Crippen LogP contribution in [0.5, 0.6) is 0 Å². The van der Waals surface area contributed by atoms with Crippen molar-refractivity contribution < 1.29 is 19.1 Å². The highest BCUT2D eigenvalue weighted by Crippen LogP contribution is 2.20. The molecule has 0 unspecified atom stereocenters. The molecular weight excluding hydrogens is 331 g/mol. The summed E-state index contributed by atoms with van der Waals surface area (Å²) in [6.07, 6.45) is 1.47. The summed E-state index contributed by atoms with van der Waals surface area (Å²) in [5.41, 5.74) is 0.0308. The number of carboxylic acids is 1. The van der Waals surface area contributed by atoms with Gasteiger partial charge in [-0.15, -0.1) is 0 Å². The molecule has 0 spiro atoms. The van der Waals surface area contributed by atoms with Crippen LogP contribution in [0.3, 0.4) is 0 Å². The van der Waals surface area contributed by atoms with Crippen molar-refractivity contribution in [2.45, 2.75) is 6.54 Å². The molecule has 104 valence electrons. The third-order valence-corrected chi connectivity index (χ3v) is 3.06. The number of carbonyl (C=O) groups excluding carboxylic acids is 1. The van der Waals surface area contributed by atoms with Gasteiger partial charge in [0.2, 0.25) is 5.91 Å². The summed E-state index contributed by atoms with van der Waals surface area (Å²) in [7, 11) is 0. The zero-order chi connectivity index (χ0) is 14.7. The van der Waals surface area contributed by atoms with E-state index >= 15 is 0 Å². The summed E-state index contributed by atoms with van der Waals surface area (Å²) < 4.78 is 15.4. The first-order valence-corrected chi connectivity index (χ1v) is 6.40. The number of halogens is 2. The molecule has 0 radical (unpaired) electrons. The predicted molar refractivity (Wildman–Crippen MR) is 74.1 cm³/mol. The lowest BCUT2D eigenvalue weighted by Crippen LogP contribution is -2.21. The number of anilines is 1. The average molecular weight is 341 g/mol. The zero-order valence-electron chi connectivity index (χ0n) is 10.1. The van der Waals surface area contributed by atoms with Crippen molar-refractivity contribution >= 4 is 33.5 Å². The molecule has 1 heterocycles. The van der Waals surface area contributed by atoms with Crippen molar-refractivity contribution in [2.75, 3.05) is 5.32 Å². The van der Waals surface area contributed by atoms with Gasteiger partial charge in [-0.05, 0) is 30.3 Å². The van der Waals surface area contributed by atoms with E-state index in [2.05, 4.69) is 21.2 Å². The highest BCUT2D eigenvalue weighted by Gasteiger charge is 2.13. The van der Waals surface area contributed by atoms with Gasteiger partial charge in [0.05, 0.1) is 5.69 Å². The molecule has 0 aliphatic carbocycles. The first-order chi connectivity index (χ1) is 9.47. The molecule has 7 heteroatoms. The van der Waals surface area contributed by atoms with Crippen LogP contribution < -0.4 is 5.32 Å². The number of carbonyl (C=O) groups is 2. The van der Waals surface area contributed by atoms with E-state index in [0.717, 1.165) is 0 Å². The van der Waals surface area contributed by atoms with Crippen LogP contribution in [0.25, 0.3) is 0 Å². The SMILES string of the molecule is O=C(Cn1cccc1C(=O)O)Nc1cc(Br)ccc1F. The molecule has 0 bridgehead atoms. The Morgan fingerprint density at radius 2 is 2.10 bits per heavy atom. The summed E-state index contributed by atoms with van der Waals surface area (Å²) in [5.74, 6) is -2.20. The summed E-state index contributed by atoms with van der Waals surface area (Å²) in [5, 5.41) is 11.3. The van der Waals surface area contributed by atoms with E-state index in [-0.39, 0.29) is 17.9 Å². The topological polar surface area (TPSA) is 71.3 Å². The summed E-state index contributed by atoms with van der Waals surface area (Å²) in [6.45, 7) is -0.208. The Morgan fingerprint density at radius 3 is 2.80 bits per heavy atom. The number of carboxylic acid groups (broad SMARTS) is 1. The number of amides is 1. The Labute approximate surface area is 122 Å². The second kappa shape index (κ2) is 5.87. The number of nitrogens with zero attached hydrogens (tertiary/aromatic N) is 1. The van der Waals surface area contributed by atoms with Gasteiger partial charge in [0.1, 0.15) is 18.1 Å². The van der Waals surface area contributed by atoms with E-state index in [4.69, 9.17) is 5.11 Å². The van der Waals surface area contributed by atoms with E-state index in [1.807, 2.05) is 0 Å². The lowest BCUT2D eigenvalue weighted by atomic mass is 10.3. The van der Waals surface area contributed by atoms with Crippen LogP contribution in [0.1, 0.15) is 10.5 Å². The van der Waals surface area contributed by atoms with Gasteiger partial charge in [0.25, 0.3) is 0 Å². The summed E-state index contributed by atoms with van der Waals surface area (Å²) >= 11 is 3.18. The van der Waals surface area contributed by atoms with Crippen molar-refractivity contribution in [2.24, 2.45) is 0 Å². The van der Waals surface area contributed by atoms with Gasteiger partial charge in [0.15, 0.2) is 0 Å². The van der Waals surface area contributed by atoms with Gasteiger partial charge >= 0.3 is 5.97 Å². The van der Waals surface area contributed by atoms with Crippen LogP contribution in [0.2, 0.25) is 0 Å². The Morgan fingerprint density at radius 1 is 1.35 bits per heavy atom. The van der Waals surface area contributed by atoms with Crippen LogP contribution in [-0.2, 0) is 11.3 Å². The molecule has 2 N–H and O–H groups in total. The number of aromatic nitrogens is 1.